The average Bonchev–Trinajstić information content (AvgIpc) is 3.17. The zero-order valence-corrected chi connectivity index (χ0v) is 18.1. The number of carbonyl (C=O) groups excluding carboxylic acids is 1. The molecule has 31 heavy (non-hydrogen) atoms. The number of nitrogens with zero attached hydrogens (tertiary/aromatic N) is 3. The third-order valence-electron chi connectivity index (χ3n) is 4.61. The molecule has 0 aliphatic rings. The van der Waals surface area contributed by atoms with Gasteiger partial charge in [0.15, 0.2) is 10.8 Å². The van der Waals surface area contributed by atoms with Crippen LogP contribution in [0.5, 0.6) is 0 Å². The summed E-state index contributed by atoms with van der Waals surface area (Å²) in [6.07, 6.45) is 3.41. The monoisotopic (exact) mass is 465 g/mol. The second kappa shape index (κ2) is 8.19. The number of pyridine rings is 2. The van der Waals surface area contributed by atoms with Crippen molar-refractivity contribution >= 4 is 68.6 Å². The molecule has 5 aromatic rings. The van der Waals surface area contributed by atoms with Crippen molar-refractivity contribution in [3.05, 3.63) is 82.6 Å². The molecule has 1 amide bonds. The van der Waals surface area contributed by atoms with Crippen molar-refractivity contribution in [2.24, 2.45) is 0 Å². The van der Waals surface area contributed by atoms with Crippen LogP contribution in [-0.2, 0) is 0 Å². The second-order valence-electron chi connectivity index (χ2n) is 6.58. The van der Waals surface area contributed by atoms with Crippen molar-refractivity contribution in [3.63, 3.8) is 0 Å². The van der Waals surface area contributed by atoms with Gasteiger partial charge in [0.25, 0.3) is 5.91 Å². The molecule has 6 nitrogen and oxygen atoms in total. The molecule has 0 radical (unpaired) electrons. The van der Waals surface area contributed by atoms with Gasteiger partial charge in [-0.3, -0.25) is 9.78 Å². The lowest BCUT2D eigenvalue weighted by molar-refractivity contribution is 0.102. The van der Waals surface area contributed by atoms with Gasteiger partial charge in [-0.1, -0.05) is 53.2 Å². The van der Waals surface area contributed by atoms with Gasteiger partial charge >= 0.3 is 0 Å². The van der Waals surface area contributed by atoms with Crippen LogP contribution < -0.4 is 5.32 Å². The molecule has 152 valence electrons. The number of fused-ring (bicyclic) bond motifs is 2. The summed E-state index contributed by atoms with van der Waals surface area (Å²) in [5, 5.41) is 5.05. The van der Waals surface area contributed by atoms with Crippen LogP contribution in [0.2, 0.25) is 10.0 Å². The molecule has 0 saturated heterocycles. The molecular weight excluding hydrogens is 453 g/mol. The lowest BCUT2D eigenvalue weighted by Crippen LogP contribution is -2.13. The first-order valence-corrected chi connectivity index (χ1v) is 10.8. The van der Waals surface area contributed by atoms with E-state index in [-0.39, 0.29) is 15.6 Å². The first-order chi connectivity index (χ1) is 15.1. The molecule has 0 fully saturated rings. The normalized spacial score (nSPS) is 11.2. The van der Waals surface area contributed by atoms with E-state index in [2.05, 4.69) is 25.3 Å². The Hall–Kier alpha value is -3.13. The topological polar surface area (TPSA) is 83.6 Å². The Morgan fingerprint density at radius 3 is 2.55 bits per heavy atom. The van der Waals surface area contributed by atoms with Gasteiger partial charge in [-0.25, -0.2) is 9.97 Å². The molecule has 2 aromatic carbocycles. The van der Waals surface area contributed by atoms with Crippen LogP contribution in [0.25, 0.3) is 22.1 Å². The van der Waals surface area contributed by atoms with Gasteiger partial charge in [-0.15, -0.1) is 0 Å². The van der Waals surface area contributed by atoms with Gasteiger partial charge in [-0.2, -0.15) is 0 Å². The number of amides is 1. The smallest absolute Gasteiger partial charge is 0.258 e. The van der Waals surface area contributed by atoms with Crippen molar-refractivity contribution in [1.82, 2.24) is 19.9 Å². The standard InChI is InChI=1S/C22H13Cl2N5OS/c23-13-5-2-6-14(24)18(13)21(30)27-15-7-1-4-12-17(9-11-25-19(12)15)31-22-28-16-8-3-10-26-20(16)29-22/h1-11H,(H,27,30)(H,26,28,29). The van der Waals surface area contributed by atoms with E-state index in [4.69, 9.17) is 23.2 Å². The molecule has 3 heterocycles. The van der Waals surface area contributed by atoms with Gasteiger partial charge in [0, 0.05) is 22.7 Å². The van der Waals surface area contributed by atoms with Crippen LogP contribution in [0.1, 0.15) is 10.4 Å². The zero-order valence-electron chi connectivity index (χ0n) is 15.8. The van der Waals surface area contributed by atoms with E-state index in [1.807, 2.05) is 30.3 Å². The first kappa shape index (κ1) is 19.8. The molecule has 3 aromatic heterocycles. The van der Waals surface area contributed by atoms with Gasteiger partial charge < -0.3 is 10.3 Å². The summed E-state index contributed by atoms with van der Waals surface area (Å²) in [7, 11) is 0. The molecule has 2 N–H and O–H groups in total. The molecule has 0 unspecified atom stereocenters. The van der Waals surface area contributed by atoms with Gasteiger partial charge in [0.2, 0.25) is 0 Å². The van der Waals surface area contributed by atoms with E-state index >= 15 is 0 Å². The zero-order chi connectivity index (χ0) is 21.4. The third kappa shape index (κ3) is 3.83. The predicted molar refractivity (Wildman–Crippen MR) is 124 cm³/mol. The van der Waals surface area contributed by atoms with Crippen molar-refractivity contribution < 1.29 is 4.79 Å². The fourth-order valence-electron chi connectivity index (χ4n) is 3.22. The number of hydrogen-bond donors (Lipinski definition) is 2. The van der Waals surface area contributed by atoms with E-state index in [1.54, 1.807) is 36.7 Å². The van der Waals surface area contributed by atoms with Crippen LogP contribution >= 0.6 is 35.0 Å². The summed E-state index contributed by atoms with van der Waals surface area (Å²) in [6.45, 7) is 0. The highest BCUT2D eigenvalue weighted by molar-refractivity contribution is 7.99. The minimum atomic E-state index is -0.397. The summed E-state index contributed by atoms with van der Waals surface area (Å²) in [5.74, 6) is -0.397. The van der Waals surface area contributed by atoms with E-state index in [1.165, 1.54) is 11.8 Å². The van der Waals surface area contributed by atoms with Crippen LogP contribution in [0, 0.1) is 0 Å². The number of para-hydroxylation sites is 1. The molecule has 0 spiro atoms. The number of imidazole rings is 1. The number of halogens is 2. The fraction of sp³-hybridized carbons (Fsp3) is 0. The van der Waals surface area contributed by atoms with E-state index in [0.717, 1.165) is 21.0 Å². The summed E-state index contributed by atoms with van der Waals surface area (Å²) < 4.78 is 0. The number of benzene rings is 2. The number of carbonyl (C=O) groups is 1. The molecular formula is C22H13Cl2N5OS. The highest BCUT2D eigenvalue weighted by Crippen LogP contribution is 2.35. The molecule has 0 atom stereocenters. The average molecular weight is 466 g/mol. The summed E-state index contributed by atoms with van der Waals surface area (Å²) >= 11 is 13.8. The minimum Gasteiger partial charge on any atom is -0.331 e. The maximum atomic E-state index is 12.8. The first-order valence-electron chi connectivity index (χ1n) is 9.22. The summed E-state index contributed by atoms with van der Waals surface area (Å²) in [4.78, 5) is 30.3. The Balaban J connectivity index is 1.50. The Morgan fingerprint density at radius 1 is 0.935 bits per heavy atom. The number of rotatable bonds is 4. The van der Waals surface area contributed by atoms with Crippen LogP contribution in [-0.4, -0.2) is 25.8 Å². The van der Waals surface area contributed by atoms with Crippen molar-refractivity contribution in [3.8, 4) is 0 Å². The number of hydrogen-bond acceptors (Lipinski definition) is 5. The quantitative estimate of drug-likeness (QED) is 0.329. The third-order valence-corrected chi connectivity index (χ3v) is 6.20. The van der Waals surface area contributed by atoms with Crippen molar-refractivity contribution in [1.29, 1.82) is 0 Å². The molecule has 0 aliphatic heterocycles. The molecule has 0 aliphatic carbocycles. The largest absolute Gasteiger partial charge is 0.331 e. The van der Waals surface area contributed by atoms with Crippen molar-refractivity contribution in [2.75, 3.05) is 5.32 Å². The maximum Gasteiger partial charge on any atom is 0.258 e. The van der Waals surface area contributed by atoms with Gasteiger partial charge in [0.1, 0.15) is 0 Å². The lowest BCUT2D eigenvalue weighted by atomic mass is 10.1. The van der Waals surface area contributed by atoms with E-state index < -0.39 is 5.91 Å². The van der Waals surface area contributed by atoms with Gasteiger partial charge in [0.05, 0.1) is 32.3 Å². The fourth-order valence-corrected chi connectivity index (χ4v) is 4.69. The molecule has 0 saturated carbocycles. The number of nitrogens with one attached hydrogen (secondary N) is 2. The number of aromatic amines is 1. The molecule has 0 bridgehead atoms. The van der Waals surface area contributed by atoms with Crippen LogP contribution in [0.3, 0.4) is 0 Å². The highest BCUT2D eigenvalue weighted by atomic mass is 35.5. The summed E-state index contributed by atoms with van der Waals surface area (Å²) in [6, 6.07) is 16.2. The predicted octanol–water partition coefficient (Wildman–Crippen LogP) is 6.22. The highest BCUT2D eigenvalue weighted by Gasteiger charge is 2.17. The van der Waals surface area contributed by atoms with Crippen LogP contribution in [0.15, 0.2) is 77.0 Å². The number of aromatic nitrogens is 4. The maximum absolute atomic E-state index is 12.8. The minimum absolute atomic E-state index is 0.225. The summed E-state index contributed by atoms with van der Waals surface area (Å²) in [5.41, 5.74) is 2.97. The molecule has 9 heteroatoms. The lowest BCUT2D eigenvalue weighted by Gasteiger charge is -2.11. The van der Waals surface area contributed by atoms with Crippen molar-refractivity contribution in [2.45, 2.75) is 10.1 Å². The van der Waals surface area contributed by atoms with Crippen LogP contribution in [0.4, 0.5) is 5.69 Å². The van der Waals surface area contributed by atoms with E-state index in [0.29, 0.717) is 16.9 Å². The van der Waals surface area contributed by atoms with Gasteiger partial charge in [-0.05, 0) is 36.4 Å². The van der Waals surface area contributed by atoms with E-state index in [9.17, 15) is 4.79 Å². The number of H-pyrrole nitrogens is 1. The number of anilines is 1. The molecule has 5 rings (SSSR count). The Labute approximate surface area is 191 Å². The second-order valence-corrected chi connectivity index (χ2v) is 8.43. The Bertz CT molecular complexity index is 1400. The Kier molecular flexibility index (Phi) is 5.23. The Morgan fingerprint density at radius 2 is 1.74 bits per heavy atom. The SMILES string of the molecule is O=C(Nc1cccc2c(Sc3nc4ncccc4[nH]3)ccnc12)c1c(Cl)cccc1Cl.